The lowest BCUT2D eigenvalue weighted by atomic mass is 9.74. The number of rotatable bonds is 8. The van der Waals surface area contributed by atoms with Gasteiger partial charge in [0.2, 0.25) is 0 Å². The van der Waals surface area contributed by atoms with Gasteiger partial charge in [0.15, 0.2) is 0 Å². The van der Waals surface area contributed by atoms with E-state index in [4.69, 9.17) is 0 Å². The lowest BCUT2D eigenvalue weighted by Gasteiger charge is -2.31. The van der Waals surface area contributed by atoms with Crippen molar-refractivity contribution in [1.82, 2.24) is 0 Å². The molecule has 1 unspecified atom stereocenters. The second kappa shape index (κ2) is 15.1. The molecule has 10 aromatic carbocycles. The number of fused-ring (bicyclic) bond motifs is 4. The maximum atomic E-state index is 2.49. The maximum absolute atomic E-state index is 2.49. The lowest BCUT2D eigenvalue weighted by molar-refractivity contribution is 0.714. The van der Waals surface area contributed by atoms with Crippen LogP contribution in [0.2, 0.25) is 0 Å². The number of nitrogens with zero attached hydrogens (tertiary/aromatic N) is 1. The van der Waals surface area contributed by atoms with Gasteiger partial charge in [-0.2, -0.15) is 0 Å². The molecule has 0 radical (unpaired) electrons. The fourth-order valence-corrected chi connectivity index (χ4v) is 9.71. The first kappa shape index (κ1) is 36.3. The summed E-state index contributed by atoms with van der Waals surface area (Å²) in [5.74, 6) is 0. The predicted octanol–water partition coefficient (Wildman–Crippen LogP) is 16.3. The predicted molar refractivity (Wildman–Crippen MR) is 258 cm³/mol. The molecule has 61 heavy (non-hydrogen) atoms. The molecular weight excluding hydrogens is 735 g/mol. The summed E-state index contributed by atoms with van der Waals surface area (Å²) in [6.45, 7) is 2.39. The average Bonchev–Trinajstić information content (AvgIpc) is 3.61. The van der Waals surface area contributed by atoms with E-state index in [1.807, 2.05) is 0 Å². The van der Waals surface area contributed by atoms with Crippen LogP contribution in [-0.2, 0) is 5.41 Å². The number of anilines is 3. The minimum Gasteiger partial charge on any atom is -0.309 e. The van der Waals surface area contributed by atoms with Gasteiger partial charge >= 0.3 is 0 Å². The Balaban J connectivity index is 1.07. The molecule has 1 aliphatic carbocycles. The summed E-state index contributed by atoms with van der Waals surface area (Å²) in [7, 11) is 0. The first-order valence-corrected chi connectivity index (χ1v) is 21.2. The van der Waals surface area contributed by atoms with Crippen LogP contribution < -0.4 is 4.90 Å². The third-order valence-electron chi connectivity index (χ3n) is 12.8. The molecule has 0 amide bonds. The molecule has 0 heterocycles. The zero-order valence-corrected chi connectivity index (χ0v) is 34.0. The number of benzene rings is 10. The minimum atomic E-state index is -0.318. The van der Waals surface area contributed by atoms with Crippen molar-refractivity contribution in [2.24, 2.45) is 0 Å². The Morgan fingerprint density at radius 1 is 0.311 bits per heavy atom. The average molecular weight is 778 g/mol. The maximum Gasteiger partial charge on any atom is 0.0543 e. The fourth-order valence-electron chi connectivity index (χ4n) is 9.71. The molecule has 0 fully saturated rings. The second-order valence-corrected chi connectivity index (χ2v) is 16.2. The van der Waals surface area contributed by atoms with E-state index in [0.29, 0.717) is 0 Å². The van der Waals surface area contributed by atoms with Crippen molar-refractivity contribution >= 4 is 27.8 Å². The van der Waals surface area contributed by atoms with Crippen molar-refractivity contribution in [3.63, 3.8) is 0 Å². The highest BCUT2D eigenvalue weighted by molar-refractivity contribution is 6.00. The van der Waals surface area contributed by atoms with Crippen LogP contribution in [0.3, 0.4) is 0 Å². The standard InChI is InChI=1S/C60H43N/c1-60(49-20-6-3-7-21-49)55-26-12-10-24-54(55)59-56(60)27-15-29-58(59)61(50-40-38-45(39-41-50)44-32-30-43(31-33-44)42-16-4-2-5-17-42)57-28-13-11-23-53(57)48-36-34-47(35-37-48)52-25-14-19-46-18-8-9-22-51(46)52/h2-41H,1H3. The summed E-state index contributed by atoms with van der Waals surface area (Å²) in [5, 5.41) is 2.52. The molecule has 1 heteroatoms. The van der Waals surface area contributed by atoms with Crippen molar-refractivity contribution in [1.29, 1.82) is 0 Å². The summed E-state index contributed by atoms with van der Waals surface area (Å²) in [6.07, 6.45) is 0. The Kier molecular flexibility index (Phi) is 9.02. The zero-order chi connectivity index (χ0) is 40.8. The second-order valence-electron chi connectivity index (χ2n) is 16.2. The monoisotopic (exact) mass is 777 g/mol. The van der Waals surface area contributed by atoms with Gasteiger partial charge in [-0.15, -0.1) is 0 Å². The highest BCUT2D eigenvalue weighted by Gasteiger charge is 2.42. The fraction of sp³-hybridized carbons (Fsp3) is 0.0333. The molecule has 0 aliphatic heterocycles. The van der Waals surface area contributed by atoms with E-state index in [9.17, 15) is 0 Å². The largest absolute Gasteiger partial charge is 0.309 e. The van der Waals surface area contributed by atoms with Crippen LogP contribution in [0.1, 0.15) is 23.6 Å². The summed E-state index contributed by atoms with van der Waals surface area (Å²) in [4.78, 5) is 2.49. The molecule has 10 aromatic rings. The molecule has 0 saturated heterocycles. The molecule has 1 atom stereocenters. The Morgan fingerprint density at radius 2 is 0.770 bits per heavy atom. The number of para-hydroxylation sites is 1. The third kappa shape index (κ3) is 6.26. The van der Waals surface area contributed by atoms with Crippen molar-refractivity contribution in [3.05, 3.63) is 259 Å². The first-order chi connectivity index (χ1) is 30.1. The molecule has 0 aromatic heterocycles. The van der Waals surface area contributed by atoms with E-state index in [-0.39, 0.29) is 5.41 Å². The first-order valence-electron chi connectivity index (χ1n) is 21.2. The van der Waals surface area contributed by atoms with Crippen LogP contribution in [0.25, 0.3) is 66.4 Å². The summed E-state index contributed by atoms with van der Waals surface area (Å²) in [6, 6.07) is 88.7. The van der Waals surface area contributed by atoms with Crippen molar-refractivity contribution in [2.45, 2.75) is 12.3 Å². The van der Waals surface area contributed by atoms with E-state index >= 15 is 0 Å². The van der Waals surface area contributed by atoms with Gasteiger partial charge < -0.3 is 4.90 Å². The van der Waals surface area contributed by atoms with Crippen molar-refractivity contribution < 1.29 is 0 Å². The highest BCUT2D eigenvalue weighted by Crippen LogP contribution is 2.57. The van der Waals surface area contributed by atoms with Gasteiger partial charge in [-0.1, -0.05) is 218 Å². The summed E-state index contributed by atoms with van der Waals surface area (Å²) >= 11 is 0. The molecule has 0 N–H and O–H groups in total. The molecule has 1 aliphatic rings. The van der Waals surface area contributed by atoms with Crippen LogP contribution in [-0.4, -0.2) is 0 Å². The molecule has 0 spiro atoms. The van der Waals surface area contributed by atoms with Gasteiger partial charge in [0, 0.05) is 22.2 Å². The number of hydrogen-bond acceptors (Lipinski definition) is 1. The van der Waals surface area contributed by atoms with Gasteiger partial charge in [-0.3, -0.25) is 0 Å². The lowest BCUT2D eigenvalue weighted by Crippen LogP contribution is -2.22. The third-order valence-corrected chi connectivity index (χ3v) is 12.8. The topological polar surface area (TPSA) is 3.24 Å². The molecule has 11 rings (SSSR count). The van der Waals surface area contributed by atoms with E-state index < -0.39 is 0 Å². The highest BCUT2D eigenvalue weighted by atomic mass is 15.1. The van der Waals surface area contributed by atoms with E-state index in [2.05, 4.69) is 254 Å². The molecular formula is C60H43N. The SMILES string of the molecule is CC1(c2ccccc2)c2ccccc2-c2c(N(c3ccc(-c4ccc(-c5ccccc5)cc4)cc3)c3ccccc3-c3ccc(-c4cccc5ccccc45)cc3)cccc21. The Morgan fingerprint density at radius 3 is 1.49 bits per heavy atom. The smallest absolute Gasteiger partial charge is 0.0543 e. The van der Waals surface area contributed by atoms with Gasteiger partial charge in [0.05, 0.1) is 11.4 Å². The molecule has 1 nitrogen and oxygen atoms in total. The van der Waals surface area contributed by atoms with Gasteiger partial charge in [0.1, 0.15) is 0 Å². The Labute approximate surface area is 358 Å². The van der Waals surface area contributed by atoms with Gasteiger partial charge in [-0.05, 0) is 103 Å². The Hall–Kier alpha value is -7.74. The summed E-state index contributed by atoms with van der Waals surface area (Å²) in [5.41, 5.74) is 19.1. The van der Waals surface area contributed by atoms with Crippen LogP contribution in [0.4, 0.5) is 17.1 Å². The van der Waals surface area contributed by atoms with Gasteiger partial charge in [0.25, 0.3) is 0 Å². The van der Waals surface area contributed by atoms with E-state index in [0.717, 1.165) is 17.1 Å². The van der Waals surface area contributed by atoms with Crippen molar-refractivity contribution in [3.8, 4) is 55.6 Å². The minimum absolute atomic E-state index is 0.318. The van der Waals surface area contributed by atoms with Gasteiger partial charge in [-0.25, -0.2) is 0 Å². The Bertz CT molecular complexity index is 3160. The van der Waals surface area contributed by atoms with Crippen LogP contribution in [0.5, 0.6) is 0 Å². The van der Waals surface area contributed by atoms with E-state index in [1.54, 1.807) is 0 Å². The summed E-state index contributed by atoms with van der Waals surface area (Å²) < 4.78 is 0. The van der Waals surface area contributed by atoms with Crippen LogP contribution >= 0.6 is 0 Å². The van der Waals surface area contributed by atoms with Crippen LogP contribution in [0, 0.1) is 0 Å². The molecule has 288 valence electrons. The van der Waals surface area contributed by atoms with Crippen molar-refractivity contribution in [2.75, 3.05) is 4.90 Å². The molecule has 0 bridgehead atoms. The number of hydrogen-bond donors (Lipinski definition) is 0. The molecule has 0 saturated carbocycles. The quantitative estimate of drug-likeness (QED) is 0.149. The zero-order valence-electron chi connectivity index (χ0n) is 34.0. The van der Waals surface area contributed by atoms with E-state index in [1.165, 1.54) is 83.1 Å². The normalized spacial score (nSPS) is 14.0. The van der Waals surface area contributed by atoms with Crippen LogP contribution in [0.15, 0.2) is 243 Å².